The van der Waals surface area contributed by atoms with Crippen molar-refractivity contribution in [2.45, 2.75) is 12.8 Å². The maximum absolute atomic E-state index is 12.5. The fourth-order valence-corrected chi connectivity index (χ4v) is 1.39. The van der Waals surface area contributed by atoms with Crippen molar-refractivity contribution in [2.24, 2.45) is 0 Å². The van der Waals surface area contributed by atoms with E-state index in [1.165, 1.54) is 7.11 Å². The van der Waals surface area contributed by atoms with Crippen molar-refractivity contribution in [2.75, 3.05) is 7.11 Å². The van der Waals surface area contributed by atoms with Gasteiger partial charge in [0.1, 0.15) is 5.69 Å². The monoisotopic (exact) mass is 232 g/mol. The van der Waals surface area contributed by atoms with Gasteiger partial charge in [-0.2, -0.15) is 5.26 Å². The third-order valence-corrected chi connectivity index (χ3v) is 2.21. The number of aromatic nitrogens is 1. The van der Waals surface area contributed by atoms with Gasteiger partial charge in [0.05, 0.1) is 30.8 Å². The molecule has 80 valence electrons. The van der Waals surface area contributed by atoms with Crippen LogP contribution in [-0.4, -0.2) is 12.1 Å². The predicted molar refractivity (Wildman–Crippen MR) is 50.1 cm³/mol. The fraction of sp³-hybridized carbons (Fsp3) is 0.333. The molecule has 0 atom stereocenters. The highest BCUT2D eigenvalue weighted by molar-refractivity contribution is 6.32. The Kier molecular flexibility index (Phi) is 3.81. The summed E-state index contributed by atoms with van der Waals surface area (Å²) in [5.74, 6) is 0.186. The molecule has 0 unspecified atom stereocenters. The Hall–Kier alpha value is -1.41. The van der Waals surface area contributed by atoms with Crippen LogP contribution in [-0.2, 0) is 6.42 Å². The summed E-state index contributed by atoms with van der Waals surface area (Å²) in [5, 5.41) is 8.51. The Balaban J connectivity index is 3.32. The summed E-state index contributed by atoms with van der Waals surface area (Å²) in [7, 11) is 1.35. The minimum atomic E-state index is -2.75. The molecule has 15 heavy (non-hydrogen) atoms. The number of halogens is 3. The van der Waals surface area contributed by atoms with Crippen molar-refractivity contribution in [1.82, 2.24) is 4.98 Å². The van der Waals surface area contributed by atoms with Gasteiger partial charge in [-0.05, 0) is 0 Å². The van der Waals surface area contributed by atoms with Gasteiger partial charge in [0, 0.05) is 5.56 Å². The molecule has 0 amide bonds. The summed E-state index contributed by atoms with van der Waals surface area (Å²) in [4.78, 5) is 3.52. The summed E-state index contributed by atoms with van der Waals surface area (Å²) >= 11 is 5.79. The van der Waals surface area contributed by atoms with E-state index >= 15 is 0 Å². The van der Waals surface area contributed by atoms with Crippen LogP contribution in [0.15, 0.2) is 6.20 Å². The second-order valence-corrected chi connectivity index (χ2v) is 3.02. The van der Waals surface area contributed by atoms with Crippen LogP contribution in [0.5, 0.6) is 5.75 Å². The van der Waals surface area contributed by atoms with E-state index in [1.807, 2.05) is 0 Å². The lowest BCUT2D eigenvalue weighted by Crippen LogP contribution is -2.01. The quantitative estimate of drug-likeness (QED) is 0.805. The van der Waals surface area contributed by atoms with E-state index in [0.29, 0.717) is 0 Å². The Bertz CT molecular complexity index is 404. The van der Waals surface area contributed by atoms with E-state index in [4.69, 9.17) is 21.6 Å². The van der Waals surface area contributed by atoms with Crippen LogP contribution in [0.4, 0.5) is 8.78 Å². The Morgan fingerprint density at radius 3 is 2.80 bits per heavy atom. The largest absolute Gasteiger partial charge is 0.494 e. The standard InChI is InChI=1S/C9H7ClF2N2O/c1-15-6-4-14-8(9(11)12)5(2-3-13)7(6)10/h4,9H,2H2,1H3. The highest BCUT2D eigenvalue weighted by Gasteiger charge is 2.20. The molecule has 1 aromatic rings. The first-order valence-corrected chi connectivity index (χ1v) is 4.36. The highest BCUT2D eigenvalue weighted by Crippen LogP contribution is 2.33. The van der Waals surface area contributed by atoms with Gasteiger partial charge in [0.2, 0.25) is 0 Å². The molecule has 0 saturated heterocycles. The average molecular weight is 233 g/mol. The van der Waals surface area contributed by atoms with E-state index in [1.54, 1.807) is 6.07 Å². The topological polar surface area (TPSA) is 45.9 Å². The summed E-state index contributed by atoms with van der Waals surface area (Å²) < 4.78 is 29.8. The van der Waals surface area contributed by atoms with Crippen LogP contribution in [0.1, 0.15) is 17.7 Å². The lowest BCUT2D eigenvalue weighted by molar-refractivity contribution is 0.145. The molecule has 0 fully saturated rings. The molecule has 3 nitrogen and oxygen atoms in total. The van der Waals surface area contributed by atoms with E-state index in [0.717, 1.165) is 6.20 Å². The maximum Gasteiger partial charge on any atom is 0.280 e. The van der Waals surface area contributed by atoms with Gasteiger partial charge in [0.25, 0.3) is 6.43 Å². The molecule has 0 radical (unpaired) electrons. The number of methoxy groups -OCH3 is 1. The zero-order chi connectivity index (χ0) is 11.4. The average Bonchev–Trinajstić information content (AvgIpc) is 2.20. The molecule has 1 heterocycles. The van der Waals surface area contributed by atoms with Crippen LogP contribution >= 0.6 is 11.6 Å². The first-order valence-electron chi connectivity index (χ1n) is 3.98. The number of nitriles is 1. The van der Waals surface area contributed by atoms with Crippen molar-refractivity contribution < 1.29 is 13.5 Å². The van der Waals surface area contributed by atoms with E-state index < -0.39 is 12.1 Å². The summed E-state index contributed by atoms with van der Waals surface area (Å²) in [6, 6.07) is 1.76. The minimum Gasteiger partial charge on any atom is -0.494 e. The summed E-state index contributed by atoms with van der Waals surface area (Å²) in [5.41, 5.74) is -0.448. The van der Waals surface area contributed by atoms with Crippen LogP contribution in [0.2, 0.25) is 5.02 Å². The van der Waals surface area contributed by atoms with Gasteiger partial charge in [-0.15, -0.1) is 0 Å². The number of hydrogen-bond acceptors (Lipinski definition) is 3. The lowest BCUT2D eigenvalue weighted by Gasteiger charge is -2.10. The summed E-state index contributed by atoms with van der Waals surface area (Å²) in [6.07, 6.45) is -1.86. The number of pyridine rings is 1. The number of hydrogen-bond donors (Lipinski definition) is 0. The van der Waals surface area contributed by atoms with E-state index in [2.05, 4.69) is 4.98 Å². The van der Waals surface area contributed by atoms with Gasteiger partial charge in [-0.25, -0.2) is 8.78 Å². The van der Waals surface area contributed by atoms with Crippen molar-refractivity contribution >= 4 is 11.6 Å². The highest BCUT2D eigenvalue weighted by atomic mass is 35.5. The van der Waals surface area contributed by atoms with E-state index in [9.17, 15) is 8.78 Å². The molecule has 0 aliphatic carbocycles. The molecule has 6 heteroatoms. The van der Waals surface area contributed by atoms with Gasteiger partial charge in [-0.1, -0.05) is 11.6 Å². The molecule has 0 aliphatic rings. The first-order chi connectivity index (χ1) is 7.11. The van der Waals surface area contributed by atoms with E-state index in [-0.39, 0.29) is 22.8 Å². The smallest absolute Gasteiger partial charge is 0.280 e. The second-order valence-electron chi connectivity index (χ2n) is 2.64. The number of alkyl halides is 2. The maximum atomic E-state index is 12.5. The van der Waals surface area contributed by atoms with Crippen LogP contribution in [0.3, 0.4) is 0 Å². The zero-order valence-electron chi connectivity index (χ0n) is 7.80. The second kappa shape index (κ2) is 4.89. The Morgan fingerprint density at radius 1 is 1.67 bits per heavy atom. The normalized spacial score (nSPS) is 10.1. The molecule has 0 spiro atoms. The molecular formula is C9H7ClF2N2O. The summed E-state index contributed by atoms with van der Waals surface area (Å²) in [6.45, 7) is 0. The Labute approximate surface area is 90.3 Å². The minimum absolute atomic E-state index is 0.0179. The van der Waals surface area contributed by atoms with Crippen LogP contribution in [0.25, 0.3) is 0 Å². The third kappa shape index (κ3) is 2.34. The molecule has 1 aromatic heterocycles. The molecule has 0 aliphatic heterocycles. The number of rotatable bonds is 3. The molecule has 0 bridgehead atoms. The van der Waals surface area contributed by atoms with Gasteiger partial charge < -0.3 is 4.74 Å². The molecule has 0 saturated carbocycles. The zero-order valence-corrected chi connectivity index (χ0v) is 8.55. The molecule has 0 N–H and O–H groups in total. The first kappa shape index (κ1) is 11.7. The molecule has 0 aromatic carbocycles. The van der Waals surface area contributed by atoms with Gasteiger partial charge in [-0.3, -0.25) is 4.98 Å². The van der Waals surface area contributed by atoms with Crippen LogP contribution in [0, 0.1) is 11.3 Å². The number of nitrogens with zero attached hydrogens (tertiary/aromatic N) is 2. The lowest BCUT2D eigenvalue weighted by atomic mass is 10.1. The van der Waals surface area contributed by atoms with Crippen molar-refractivity contribution in [3.63, 3.8) is 0 Å². The fourth-order valence-electron chi connectivity index (χ4n) is 1.10. The SMILES string of the molecule is COc1cnc(C(F)F)c(CC#N)c1Cl. The molecular weight excluding hydrogens is 226 g/mol. The van der Waals surface area contributed by atoms with Gasteiger partial charge >= 0.3 is 0 Å². The van der Waals surface area contributed by atoms with Crippen molar-refractivity contribution in [3.8, 4) is 11.8 Å². The van der Waals surface area contributed by atoms with Crippen LogP contribution < -0.4 is 4.74 Å². The number of ether oxygens (including phenoxy) is 1. The predicted octanol–water partition coefficient (Wildman–Crippen LogP) is 2.75. The molecule has 1 rings (SSSR count). The van der Waals surface area contributed by atoms with Crippen molar-refractivity contribution in [3.05, 3.63) is 22.5 Å². The van der Waals surface area contributed by atoms with Gasteiger partial charge in [0.15, 0.2) is 5.75 Å². The Morgan fingerprint density at radius 2 is 2.33 bits per heavy atom. The third-order valence-electron chi connectivity index (χ3n) is 1.79. The van der Waals surface area contributed by atoms with Crippen molar-refractivity contribution in [1.29, 1.82) is 5.26 Å².